The highest BCUT2D eigenvalue weighted by Crippen LogP contribution is 2.28. The number of fused-ring (bicyclic) bond motifs is 1. The van der Waals surface area contributed by atoms with Crippen molar-refractivity contribution in [2.45, 2.75) is 10.9 Å². The number of aromatic nitrogens is 2. The van der Waals surface area contributed by atoms with Crippen LogP contribution >= 0.6 is 27.3 Å². The van der Waals surface area contributed by atoms with Gasteiger partial charge in [-0.2, -0.15) is 9.40 Å². The fourth-order valence-corrected chi connectivity index (χ4v) is 6.68. The first-order valence-corrected chi connectivity index (χ1v) is 11.4. The molecule has 2 aromatic heterocycles. The van der Waals surface area contributed by atoms with Gasteiger partial charge in [0.15, 0.2) is 0 Å². The van der Waals surface area contributed by atoms with Crippen molar-refractivity contribution in [3.63, 3.8) is 0 Å². The highest BCUT2D eigenvalue weighted by atomic mass is 79.9. The molecule has 1 aromatic carbocycles. The number of piperazine rings is 1. The number of halogens is 1. The van der Waals surface area contributed by atoms with Gasteiger partial charge in [-0.05, 0) is 34.1 Å². The minimum atomic E-state index is -3.46. The molecular weight excluding hydrogens is 452 g/mol. The summed E-state index contributed by atoms with van der Waals surface area (Å²) in [6.45, 7) is 2.22. The Morgan fingerprint density at radius 3 is 2.52 bits per heavy atom. The van der Waals surface area contributed by atoms with E-state index < -0.39 is 10.0 Å². The average Bonchev–Trinajstić information content (AvgIpc) is 3.12. The van der Waals surface area contributed by atoms with Crippen molar-refractivity contribution in [1.29, 1.82) is 0 Å². The average molecular weight is 469 g/mol. The molecule has 1 saturated heterocycles. The lowest BCUT2D eigenvalue weighted by Crippen LogP contribution is -2.49. The molecule has 27 heavy (non-hydrogen) atoms. The second-order valence-corrected chi connectivity index (χ2v) is 10.9. The molecular formula is C17H17BrN4O3S2. The maximum atomic E-state index is 12.7. The Kier molecular flexibility index (Phi) is 5.17. The molecule has 3 aromatic rings. The van der Waals surface area contributed by atoms with Gasteiger partial charge in [0.05, 0.1) is 22.0 Å². The van der Waals surface area contributed by atoms with E-state index >= 15 is 0 Å². The molecule has 0 aliphatic carbocycles. The Balaban J connectivity index is 1.46. The predicted octanol–water partition coefficient (Wildman–Crippen LogP) is 2.18. The Morgan fingerprint density at radius 2 is 1.81 bits per heavy atom. The van der Waals surface area contributed by atoms with Gasteiger partial charge in [0.25, 0.3) is 15.6 Å². The first kappa shape index (κ1) is 18.8. The number of hydrogen-bond donors (Lipinski definition) is 0. The lowest BCUT2D eigenvalue weighted by molar-refractivity contribution is 0.143. The van der Waals surface area contributed by atoms with Crippen LogP contribution in [-0.4, -0.2) is 53.6 Å². The molecule has 7 nitrogen and oxygen atoms in total. The molecule has 4 rings (SSSR count). The maximum Gasteiger partial charge on any atom is 0.275 e. The second-order valence-electron chi connectivity index (χ2n) is 6.26. The molecule has 0 spiro atoms. The van der Waals surface area contributed by atoms with Crippen LogP contribution in [0, 0.1) is 0 Å². The molecule has 10 heteroatoms. The first-order valence-electron chi connectivity index (χ1n) is 8.38. The van der Waals surface area contributed by atoms with Crippen LogP contribution in [0.1, 0.15) is 0 Å². The smallest absolute Gasteiger partial charge is 0.275 e. The zero-order chi connectivity index (χ0) is 19.0. The molecule has 1 aliphatic heterocycles. The SMILES string of the molecule is O=c1c2ccccc2cnn1CN1CCN(S(=O)(=O)c2ccc(Br)s2)CC1. The number of thiophene rings is 1. The molecule has 142 valence electrons. The normalized spacial score (nSPS) is 16.8. The van der Waals surface area contributed by atoms with Crippen LogP contribution in [0.25, 0.3) is 10.8 Å². The minimum absolute atomic E-state index is 0.133. The van der Waals surface area contributed by atoms with E-state index in [9.17, 15) is 13.2 Å². The largest absolute Gasteiger partial charge is 0.282 e. The van der Waals surface area contributed by atoms with Gasteiger partial charge >= 0.3 is 0 Å². The summed E-state index contributed by atoms with van der Waals surface area (Å²) in [5.74, 6) is 0. The Bertz CT molecular complexity index is 1130. The molecule has 0 amide bonds. The summed E-state index contributed by atoms with van der Waals surface area (Å²) in [5.41, 5.74) is -0.133. The van der Waals surface area contributed by atoms with Crippen molar-refractivity contribution in [2.24, 2.45) is 0 Å². The standard InChI is InChI=1S/C17H17BrN4O3S2/c18-15-5-6-16(26-15)27(24,25)21-9-7-20(8-10-21)12-22-17(23)14-4-2-1-3-13(14)11-19-22/h1-6,11H,7-10,12H2. The van der Waals surface area contributed by atoms with Crippen molar-refractivity contribution in [3.05, 3.63) is 56.7 Å². The van der Waals surface area contributed by atoms with E-state index in [1.165, 1.54) is 20.3 Å². The lowest BCUT2D eigenvalue weighted by atomic mass is 10.2. The van der Waals surface area contributed by atoms with Crippen molar-refractivity contribution in [1.82, 2.24) is 19.0 Å². The van der Waals surface area contributed by atoms with E-state index in [1.54, 1.807) is 24.4 Å². The van der Waals surface area contributed by atoms with Gasteiger partial charge < -0.3 is 0 Å². The van der Waals surface area contributed by atoms with Crippen LogP contribution < -0.4 is 5.56 Å². The van der Waals surface area contributed by atoms with Crippen LogP contribution in [0.5, 0.6) is 0 Å². The third-order valence-corrected chi connectivity index (χ3v) is 8.56. The van der Waals surface area contributed by atoms with E-state index in [-0.39, 0.29) is 5.56 Å². The first-order chi connectivity index (χ1) is 12.9. The molecule has 0 saturated carbocycles. The number of benzene rings is 1. The zero-order valence-electron chi connectivity index (χ0n) is 14.3. The summed E-state index contributed by atoms with van der Waals surface area (Å²) in [6, 6.07) is 10.7. The second kappa shape index (κ2) is 7.44. The molecule has 0 unspecified atom stereocenters. The quantitative estimate of drug-likeness (QED) is 0.586. The topological polar surface area (TPSA) is 75.5 Å². The summed E-state index contributed by atoms with van der Waals surface area (Å²) in [6.07, 6.45) is 1.69. The molecule has 0 atom stereocenters. The van der Waals surface area contributed by atoms with E-state index in [0.29, 0.717) is 42.4 Å². The van der Waals surface area contributed by atoms with Crippen LogP contribution in [0.4, 0.5) is 0 Å². The minimum Gasteiger partial charge on any atom is -0.282 e. The van der Waals surface area contributed by atoms with Crippen LogP contribution in [0.2, 0.25) is 0 Å². The van der Waals surface area contributed by atoms with Crippen molar-refractivity contribution >= 4 is 48.1 Å². The van der Waals surface area contributed by atoms with Crippen LogP contribution in [0.3, 0.4) is 0 Å². The van der Waals surface area contributed by atoms with Crippen LogP contribution in [-0.2, 0) is 16.7 Å². The highest BCUT2D eigenvalue weighted by molar-refractivity contribution is 9.11. The summed E-state index contributed by atoms with van der Waals surface area (Å²) in [4.78, 5) is 14.6. The number of hydrogen-bond acceptors (Lipinski definition) is 6. The van der Waals surface area contributed by atoms with E-state index in [2.05, 4.69) is 21.0 Å². The molecule has 0 radical (unpaired) electrons. The zero-order valence-corrected chi connectivity index (χ0v) is 17.5. The summed E-state index contributed by atoms with van der Waals surface area (Å²) >= 11 is 4.52. The molecule has 0 bridgehead atoms. The summed E-state index contributed by atoms with van der Waals surface area (Å²) in [5, 5.41) is 5.70. The van der Waals surface area contributed by atoms with Gasteiger partial charge in [-0.15, -0.1) is 11.3 Å². The number of nitrogens with zero attached hydrogens (tertiary/aromatic N) is 4. The Hall–Kier alpha value is -1.59. The fourth-order valence-electron chi connectivity index (χ4n) is 3.09. The van der Waals surface area contributed by atoms with Gasteiger partial charge in [0.2, 0.25) is 0 Å². The van der Waals surface area contributed by atoms with Crippen LogP contribution in [0.15, 0.2) is 55.4 Å². The summed E-state index contributed by atoms with van der Waals surface area (Å²) in [7, 11) is -3.46. The molecule has 1 aliphatic rings. The van der Waals surface area contributed by atoms with E-state index in [4.69, 9.17) is 0 Å². The number of sulfonamides is 1. The van der Waals surface area contributed by atoms with Gasteiger partial charge in [-0.1, -0.05) is 18.2 Å². The van der Waals surface area contributed by atoms with Gasteiger partial charge in [0, 0.05) is 31.6 Å². The predicted molar refractivity (Wildman–Crippen MR) is 108 cm³/mol. The molecule has 1 fully saturated rings. The fraction of sp³-hybridized carbons (Fsp3) is 0.294. The molecule has 0 N–H and O–H groups in total. The van der Waals surface area contributed by atoms with E-state index in [1.807, 2.05) is 23.1 Å². The maximum absolute atomic E-state index is 12.7. The van der Waals surface area contributed by atoms with Gasteiger partial charge in [-0.3, -0.25) is 9.69 Å². The van der Waals surface area contributed by atoms with Gasteiger partial charge in [0.1, 0.15) is 4.21 Å². The Morgan fingerprint density at radius 1 is 1.07 bits per heavy atom. The highest BCUT2D eigenvalue weighted by Gasteiger charge is 2.29. The third-order valence-electron chi connectivity index (χ3n) is 4.57. The van der Waals surface area contributed by atoms with E-state index in [0.717, 1.165) is 9.17 Å². The third kappa shape index (κ3) is 3.72. The molecule has 3 heterocycles. The lowest BCUT2D eigenvalue weighted by Gasteiger charge is -2.33. The monoisotopic (exact) mass is 468 g/mol. The van der Waals surface area contributed by atoms with Crippen molar-refractivity contribution in [3.8, 4) is 0 Å². The van der Waals surface area contributed by atoms with Crippen molar-refractivity contribution < 1.29 is 8.42 Å². The Labute approximate surface area is 169 Å². The summed E-state index contributed by atoms with van der Waals surface area (Å²) < 4.78 is 29.5. The van der Waals surface area contributed by atoms with Gasteiger partial charge in [-0.25, -0.2) is 13.1 Å². The number of rotatable bonds is 4. The van der Waals surface area contributed by atoms with Crippen molar-refractivity contribution in [2.75, 3.05) is 26.2 Å².